The summed E-state index contributed by atoms with van der Waals surface area (Å²) >= 11 is 0. The van der Waals surface area contributed by atoms with Crippen LogP contribution in [-0.2, 0) is 0 Å². The van der Waals surface area contributed by atoms with Crippen molar-refractivity contribution in [2.75, 3.05) is 4.90 Å². The average Bonchev–Trinajstić information content (AvgIpc) is 3.03. The number of fused-ring (bicyclic) bond motifs is 1. The molecule has 0 aliphatic rings. The Morgan fingerprint density at radius 2 is 0.976 bits per heavy atom. The first-order valence-corrected chi connectivity index (χ1v) is 14.1. The molecule has 0 saturated heterocycles. The molecule has 0 spiro atoms. The fraction of sp³-hybridized carbons (Fsp3) is 0.0500. The fourth-order valence-corrected chi connectivity index (χ4v) is 5.30. The number of anilines is 3. The summed E-state index contributed by atoms with van der Waals surface area (Å²) in [5.41, 5.74) is 10.8. The summed E-state index contributed by atoms with van der Waals surface area (Å²) in [6.07, 6.45) is 6.62. The van der Waals surface area contributed by atoms with Crippen molar-refractivity contribution in [1.82, 2.24) is 0 Å². The molecule has 0 aromatic heterocycles. The molecule has 0 aliphatic heterocycles. The second kappa shape index (κ2) is 11.9. The maximum absolute atomic E-state index is 2.36. The molecule has 0 bridgehead atoms. The molecule has 0 atom stereocenters. The molecule has 41 heavy (non-hydrogen) atoms. The molecule has 0 unspecified atom stereocenters. The van der Waals surface area contributed by atoms with Crippen molar-refractivity contribution >= 4 is 39.5 Å². The highest BCUT2D eigenvalue weighted by molar-refractivity contribution is 6.03. The Morgan fingerprint density at radius 1 is 0.488 bits per heavy atom. The Hall–Kier alpha value is -5.14. The third-order valence-corrected chi connectivity index (χ3v) is 7.47. The van der Waals surface area contributed by atoms with E-state index >= 15 is 0 Å². The summed E-state index contributed by atoms with van der Waals surface area (Å²) in [6, 6.07) is 51.9. The number of aryl methyl sites for hydroxylation is 2. The number of nitrogens with zero attached hydrogens (tertiary/aromatic N) is 1. The minimum absolute atomic E-state index is 1.14. The van der Waals surface area contributed by atoms with Gasteiger partial charge in [-0.05, 0) is 71.8 Å². The molecule has 1 nitrogen and oxygen atoms in total. The van der Waals surface area contributed by atoms with Gasteiger partial charge in [0.25, 0.3) is 0 Å². The van der Waals surface area contributed by atoms with Crippen molar-refractivity contribution in [1.29, 1.82) is 0 Å². The third-order valence-electron chi connectivity index (χ3n) is 7.47. The number of hydrogen-bond acceptors (Lipinski definition) is 1. The summed E-state index contributed by atoms with van der Waals surface area (Å²) in [6.45, 7) is 4.26. The van der Waals surface area contributed by atoms with Crippen LogP contribution in [0.4, 0.5) is 17.1 Å². The highest BCUT2D eigenvalue weighted by Gasteiger charge is 2.16. The molecule has 0 N–H and O–H groups in total. The van der Waals surface area contributed by atoms with E-state index in [0.717, 1.165) is 17.1 Å². The first-order valence-electron chi connectivity index (χ1n) is 14.1. The smallest absolute Gasteiger partial charge is 0.0540 e. The first kappa shape index (κ1) is 26.1. The molecule has 6 aromatic carbocycles. The number of rotatable bonds is 7. The lowest BCUT2D eigenvalue weighted by Gasteiger charge is -2.27. The molecule has 6 aromatic rings. The van der Waals surface area contributed by atoms with Gasteiger partial charge in [-0.15, -0.1) is 0 Å². The predicted molar refractivity (Wildman–Crippen MR) is 177 cm³/mol. The Labute approximate surface area is 243 Å². The summed E-state index contributed by atoms with van der Waals surface area (Å²) in [7, 11) is 0. The van der Waals surface area contributed by atoms with Crippen LogP contribution < -0.4 is 4.90 Å². The maximum atomic E-state index is 2.36. The van der Waals surface area contributed by atoms with Crippen molar-refractivity contribution in [2.45, 2.75) is 13.8 Å². The van der Waals surface area contributed by atoms with Crippen LogP contribution in [0.15, 0.2) is 158 Å². The van der Waals surface area contributed by atoms with Crippen LogP contribution in [0.3, 0.4) is 0 Å². The van der Waals surface area contributed by atoms with Gasteiger partial charge >= 0.3 is 0 Å². The predicted octanol–water partition coefficient (Wildman–Crippen LogP) is 11.1. The Morgan fingerprint density at radius 3 is 1.51 bits per heavy atom. The van der Waals surface area contributed by atoms with E-state index in [1.54, 1.807) is 0 Å². The zero-order valence-corrected chi connectivity index (χ0v) is 23.5. The summed E-state index contributed by atoms with van der Waals surface area (Å²) in [5, 5.41) is 2.44. The van der Waals surface area contributed by atoms with Crippen LogP contribution in [-0.4, -0.2) is 0 Å². The molecule has 0 aliphatic carbocycles. The quantitative estimate of drug-likeness (QED) is 0.187. The standard InChI is InChI=1S/C40H33N/c1-30-20-25-35(26-21-30)41(36-27-22-31(2)23-28-36)40-29-24-34(38-17-9-10-18-39(38)40)16-11-19-37(32-12-5-3-6-13-32)33-14-7-4-8-15-33/h3-29H,1-2H3. The van der Waals surface area contributed by atoms with E-state index in [0.29, 0.717) is 0 Å². The van der Waals surface area contributed by atoms with Crippen molar-refractivity contribution in [2.24, 2.45) is 0 Å². The van der Waals surface area contributed by atoms with Crippen LogP contribution in [0.5, 0.6) is 0 Å². The Balaban J connectivity index is 1.44. The van der Waals surface area contributed by atoms with Crippen LogP contribution in [0, 0.1) is 13.8 Å². The normalized spacial score (nSPS) is 11.1. The van der Waals surface area contributed by atoms with E-state index < -0.39 is 0 Å². The first-order chi connectivity index (χ1) is 20.2. The number of benzene rings is 6. The SMILES string of the molecule is Cc1ccc(N(c2ccc(C)cc2)c2ccc(C=CC=C(c3ccccc3)c3ccccc3)c3ccccc23)cc1. The second-order valence-electron chi connectivity index (χ2n) is 10.4. The fourth-order valence-electron chi connectivity index (χ4n) is 5.30. The molecule has 198 valence electrons. The summed E-state index contributed by atoms with van der Waals surface area (Å²) in [5.74, 6) is 0. The van der Waals surface area contributed by atoms with Crippen molar-refractivity contribution in [3.63, 3.8) is 0 Å². The largest absolute Gasteiger partial charge is 0.310 e. The number of allylic oxidation sites excluding steroid dienone is 2. The van der Waals surface area contributed by atoms with Gasteiger partial charge < -0.3 is 4.90 Å². The lowest BCUT2D eigenvalue weighted by molar-refractivity contribution is 1.28. The molecular formula is C40H33N. The van der Waals surface area contributed by atoms with Gasteiger partial charge in [0.15, 0.2) is 0 Å². The minimum Gasteiger partial charge on any atom is -0.310 e. The van der Waals surface area contributed by atoms with Crippen LogP contribution in [0.25, 0.3) is 22.4 Å². The summed E-state index contributed by atoms with van der Waals surface area (Å²) in [4.78, 5) is 2.36. The zero-order valence-electron chi connectivity index (χ0n) is 23.5. The van der Waals surface area contributed by atoms with Gasteiger partial charge in [0, 0.05) is 16.8 Å². The van der Waals surface area contributed by atoms with Crippen molar-refractivity contribution in [3.05, 3.63) is 186 Å². The molecule has 6 rings (SSSR count). The molecule has 0 saturated carbocycles. The van der Waals surface area contributed by atoms with Gasteiger partial charge in [0.05, 0.1) is 5.69 Å². The van der Waals surface area contributed by atoms with E-state index in [2.05, 4.69) is 183 Å². The van der Waals surface area contributed by atoms with Crippen LogP contribution >= 0.6 is 0 Å². The van der Waals surface area contributed by atoms with Crippen molar-refractivity contribution < 1.29 is 0 Å². The lowest BCUT2D eigenvalue weighted by atomic mass is 9.97. The third kappa shape index (κ3) is 5.76. The van der Waals surface area contributed by atoms with E-state index in [1.165, 1.54) is 44.2 Å². The van der Waals surface area contributed by atoms with Gasteiger partial charge in [0.1, 0.15) is 0 Å². The van der Waals surface area contributed by atoms with Gasteiger partial charge in [-0.3, -0.25) is 0 Å². The van der Waals surface area contributed by atoms with Crippen LogP contribution in [0.1, 0.15) is 27.8 Å². The Bertz CT molecular complexity index is 1720. The highest BCUT2D eigenvalue weighted by atomic mass is 15.1. The lowest BCUT2D eigenvalue weighted by Crippen LogP contribution is -2.10. The minimum atomic E-state index is 1.14. The van der Waals surface area contributed by atoms with Gasteiger partial charge in [0.2, 0.25) is 0 Å². The topological polar surface area (TPSA) is 3.24 Å². The highest BCUT2D eigenvalue weighted by Crippen LogP contribution is 2.40. The van der Waals surface area contributed by atoms with Gasteiger partial charge in [-0.25, -0.2) is 0 Å². The van der Waals surface area contributed by atoms with Crippen LogP contribution in [0.2, 0.25) is 0 Å². The zero-order chi connectivity index (χ0) is 28.0. The summed E-state index contributed by atoms with van der Waals surface area (Å²) < 4.78 is 0. The molecular weight excluding hydrogens is 494 g/mol. The average molecular weight is 528 g/mol. The monoisotopic (exact) mass is 527 g/mol. The van der Waals surface area contributed by atoms with E-state index in [-0.39, 0.29) is 0 Å². The van der Waals surface area contributed by atoms with E-state index in [4.69, 9.17) is 0 Å². The molecule has 0 heterocycles. The molecule has 0 amide bonds. The van der Waals surface area contributed by atoms with E-state index in [9.17, 15) is 0 Å². The van der Waals surface area contributed by atoms with Gasteiger partial charge in [-0.1, -0.05) is 145 Å². The van der Waals surface area contributed by atoms with Crippen molar-refractivity contribution in [3.8, 4) is 0 Å². The molecule has 0 fully saturated rings. The molecule has 1 heteroatoms. The second-order valence-corrected chi connectivity index (χ2v) is 10.4. The molecule has 0 radical (unpaired) electrons. The maximum Gasteiger partial charge on any atom is 0.0540 e. The van der Waals surface area contributed by atoms with Gasteiger partial charge in [-0.2, -0.15) is 0 Å². The Kier molecular flexibility index (Phi) is 7.60. The number of hydrogen-bond donors (Lipinski definition) is 0. The van der Waals surface area contributed by atoms with E-state index in [1.807, 2.05) is 0 Å².